The van der Waals surface area contributed by atoms with Crippen molar-refractivity contribution in [2.24, 2.45) is 0 Å². The maximum Gasteiger partial charge on any atom is 0.251 e. The number of fused-ring (bicyclic) bond motifs is 1. The molecule has 3 aromatic rings. The lowest BCUT2D eigenvalue weighted by atomic mass is 10.1. The van der Waals surface area contributed by atoms with Gasteiger partial charge < -0.3 is 25.6 Å². The average molecular weight is 439 g/mol. The fourth-order valence-corrected chi connectivity index (χ4v) is 3.47. The molecule has 0 saturated carbocycles. The fourth-order valence-electron chi connectivity index (χ4n) is 3.11. The van der Waals surface area contributed by atoms with Crippen LogP contribution < -0.4 is 10.6 Å². The van der Waals surface area contributed by atoms with Gasteiger partial charge in [-0.15, -0.1) is 0 Å². The summed E-state index contributed by atoms with van der Waals surface area (Å²) in [5, 5.41) is 26.5. The van der Waals surface area contributed by atoms with Gasteiger partial charge in [0.15, 0.2) is 29.3 Å². The number of carbonyl (C=O) groups is 1. The number of halogens is 2. The van der Waals surface area contributed by atoms with Crippen LogP contribution >= 0.6 is 23.2 Å². The van der Waals surface area contributed by atoms with Crippen molar-refractivity contribution < 1.29 is 19.7 Å². The first kappa shape index (κ1) is 19.8. The molecule has 1 saturated heterocycles. The highest BCUT2D eigenvalue weighted by Crippen LogP contribution is 2.33. The number of aliphatic hydroxyl groups excluding tert-OH is 2. The summed E-state index contributed by atoms with van der Waals surface area (Å²) < 4.78 is 6.97. The zero-order chi connectivity index (χ0) is 20.7. The van der Waals surface area contributed by atoms with Gasteiger partial charge in [-0.2, -0.15) is 9.97 Å². The molecule has 3 heterocycles. The molecule has 0 radical (unpaired) electrons. The van der Waals surface area contributed by atoms with Gasteiger partial charge >= 0.3 is 0 Å². The number of benzene rings is 1. The number of imidazole rings is 1. The fraction of sp³-hybridized carbons (Fsp3) is 0.294. The number of aromatic nitrogens is 4. The monoisotopic (exact) mass is 438 g/mol. The summed E-state index contributed by atoms with van der Waals surface area (Å²) in [5.41, 5.74) is 1.27. The number of nitrogens with zero attached hydrogens (tertiary/aromatic N) is 4. The number of amides is 1. The van der Waals surface area contributed by atoms with Crippen LogP contribution in [0.15, 0.2) is 30.6 Å². The van der Waals surface area contributed by atoms with E-state index in [0.717, 1.165) is 0 Å². The molecule has 0 bridgehead atoms. The largest absolute Gasteiger partial charge is 0.387 e. The third-order valence-corrected chi connectivity index (χ3v) is 4.90. The molecule has 1 fully saturated rings. The van der Waals surface area contributed by atoms with Crippen LogP contribution in [0.25, 0.3) is 11.2 Å². The predicted octanol–water partition coefficient (Wildman–Crippen LogP) is 1.24. The molecular formula is C17H16Cl2N6O4. The van der Waals surface area contributed by atoms with Crippen molar-refractivity contribution in [3.8, 4) is 0 Å². The number of nitrogens with one attached hydrogen (secondary N) is 2. The van der Waals surface area contributed by atoms with E-state index in [4.69, 9.17) is 27.9 Å². The average Bonchev–Trinajstić information content (AvgIpc) is 3.23. The zero-order valence-corrected chi connectivity index (χ0v) is 16.5. The van der Waals surface area contributed by atoms with Gasteiger partial charge in [0, 0.05) is 17.8 Å². The molecule has 0 spiro atoms. The van der Waals surface area contributed by atoms with Crippen LogP contribution in [-0.4, -0.2) is 61.0 Å². The Kier molecular flexibility index (Phi) is 5.28. The van der Waals surface area contributed by atoms with Crippen molar-refractivity contribution in [1.82, 2.24) is 24.8 Å². The Balaban J connectivity index is 1.72. The van der Waals surface area contributed by atoms with Gasteiger partial charge in [-0.3, -0.25) is 9.36 Å². The quantitative estimate of drug-likeness (QED) is 0.446. The Hall–Kier alpha value is -2.50. The molecule has 4 rings (SSSR count). The van der Waals surface area contributed by atoms with Crippen molar-refractivity contribution in [2.75, 3.05) is 12.4 Å². The summed E-state index contributed by atoms with van der Waals surface area (Å²) in [5.74, 6) is -0.239. The standard InChI is InChI=1S/C17H16Cl2N6O4/c1-20-15(28)12-10(26)11(27)16(29-12)25-6-21-9-13(23-17(19)24-14(9)25)22-8-4-2-3-7(18)5-8/h2-6,10-12,16,26-27H,1H3,(H,20,28)(H,22,23,24)/t10-,11+,12-,16+/m0/s1. The second-order valence-electron chi connectivity index (χ2n) is 6.34. The highest BCUT2D eigenvalue weighted by Gasteiger charge is 2.47. The SMILES string of the molecule is CNC(=O)[C@H]1O[C@@H](n2cnc3c(Nc4cccc(Cl)c4)nc(Cl)nc32)[C@H](O)[C@@H]1O. The lowest BCUT2D eigenvalue weighted by Gasteiger charge is -2.16. The van der Waals surface area contributed by atoms with E-state index in [-0.39, 0.29) is 10.9 Å². The lowest BCUT2D eigenvalue weighted by molar-refractivity contribution is -0.137. The second kappa shape index (κ2) is 7.73. The predicted molar refractivity (Wildman–Crippen MR) is 105 cm³/mol. The Labute approximate surface area is 174 Å². The molecular weight excluding hydrogens is 423 g/mol. The minimum absolute atomic E-state index is 0.0698. The number of hydrogen-bond acceptors (Lipinski definition) is 8. The number of carbonyl (C=O) groups excluding carboxylic acids is 1. The van der Waals surface area contributed by atoms with E-state index < -0.39 is 30.4 Å². The summed E-state index contributed by atoms with van der Waals surface area (Å²) in [6, 6.07) is 7.00. The molecule has 1 amide bonds. The Bertz CT molecular complexity index is 1080. The maximum atomic E-state index is 11.9. The van der Waals surface area contributed by atoms with E-state index in [1.54, 1.807) is 24.3 Å². The van der Waals surface area contributed by atoms with Gasteiger partial charge in [0.25, 0.3) is 5.91 Å². The van der Waals surface area contributed by atoms with Crippen LogP contribution in [0.4, 0.5) is 11.5 Å². The molecule has 4 atom stereocenters. The third-order valence-electron chi connectivity index (χ3n) is 4.50. The molecule has 10 nitrogen and oxygen atoms in total. The van der Waals surface area contributed by atoms with E-state index in [1.165, 1.54) is 17.9 Å². The van der Waals surface area contributed by atoms with Crippen molar-refractivity contribution >= 4 is 51.8 Å². The van der Waals surface area contributed by atoms with Crippen LogP contribution in [0, 0.1) is 0 Å². The van der Waals surface area contributed by atoms with Gasteiger partial charge in [0.1, 0.15) is 12.2 Å². The van der Waals surface area contributed by atoms with Gasteiger partial charge in [0.05, 0.1) is 6.33 Å². The summed E-state index contributed by atoms with van der Waals surface area (Å²) in [6.07, 6.45) is -3.77. The summed E-state index contributed by atoms with van der Waals surface area (Å²) in [6.45, 7) is 0. The van der Waals surface area contributed by atoms with E-state index in [1.807, 2.05) is 0 Å². The van der Waals surface area contributed by atoms with E-state index in [9.17, 15) is 15.0 Å². The van der Waals surface area contributed by atoms with E-state index >= 15 is 0 Å². The third kappa shape index (κ3) is 3.61. The molecule has 1 aliphatic rings. The highest BCUT2D eigenvalue weighted by atomic mass is 35.5. The Morgan fingerprint density at radius 1 is 1.24 bits per heavy atom. The number of likely N-dealkylation sites (N-methyl/N-ethyl adjacent to an activating group) is 1. The number of anilines is 2. The van der Waals surface area contributed by atoms with E-state index in [2.05, 4.69) is 25.6 Å². The van der Waals surface area contributed by atoms with Gasteiger partial charge in [-0.05, 0) is 29.8 Å². The number of ether oxygens (including phenoxy) is 1. The Morgan fingerprint density at radius 3 is 2.76 bits per heavy atom. The summed E-state index contributed by atoms with van der Waals surface area (Å²) in [7, 11) is 1.41. The van der Waals surface area contributed by atoms with Crippen LogP contribution in [0.2, 0.25) is 10.3 Å². The molecule has 152 valence electrons. The van der Waals surface area contributed by atoms with Gasteiger partial charge in [0.2, 0.25) is 5.28 Å². The molecule has 0 aliphatic carbocycles. The van der Waals surface area contributed by atoms with E-state index in [0.29, 0.717) is 22.0 Å². The van der Waals surface area contributed by atoms with Crippen molar-refractivity contribution in [1.29, 1.82) is 0 Å². The van der Waals surface area contributed by atoms with Gasteiger partial charge in [-0.25, -0.2) is 4.98 Å². The molecule has 29 heavy (non-hydrogen) atoms. The summed E-state index contributed by atoms with van der Waals surface area (Å²) in [4.78, 5) is 24.5. The molecule has 0 unspecified atom stereocenters. The first-order chi connectivity index (χ1) is 13.9. The second-order valence-corrected chi connectivity index (χ2v) is 7.12. The maximum absolute atomic E-state index is 11.9. The molecule has 1 aromatic carbocycles. The molecule has 4 N–H and O–H groups in total. The first-order valence-electron chi connectivity index (χ1n) is 8.55. The van der Waals surface area contributed by atoms with Crippen molar-refractivity contribution in [3.63, 3.8) is 0 Å². The smallest absolute Gasteiger partial charge is 0.251 e. The number of rotatable bonds is 4. The molecule has 1 aliphatic heterocycles. The Morgan fingerprint density at radius 2 is 2.03 bits per heavy atom. The minimum atomic E-state index is -1.42. The van der Waals surface area contributed by atoms with Crippen LogP contribution in [0.1, 0.15) is 6.23 Å². The normalized spacial score (nSPS) is 24.0. The van der Waals surface area contributed by atoms with Crippen LogP contribution in [0.5, 0.6) is 0 Å². The molecule has 12 heteroatoms. The van der Waals surface area contributed by atoms with Crippen molar-refractivity contribution in [3.05, 3.63) is 40.9 Å². The topological polar surface area (TPSA) is 134 Å². The van der Waals surface area contributed by atoms with Crippen molar-refractivity contribution in [2.45, 2.75) is 24.5 Å². The minimum Gasteiger partial charge on any atom is -0.387 e. The summed E-state index contributed by atoms with van der Waals surface area (Å²) >= 11 is 12.1. The van der Waals surface area contributed by atoms with Gasteiger partial charge in [-0.1, -0.05) is 17.7 Å². The number of hydrogen-bond donors (Lipinski definition) is 4. The zero-order valence-electron chi connectivity index (χ0n) is 15.0. The van der Waals surface area contributed by atoms with Crippen LogP contribution in [-0.2, 0) is 9.53 Å². The lowest BCUT2D eigenvalue weighted by Crippen LogP contribution is -2.41. The first-order valence-corrected chi connectivity index (χ1v) is 9.30. The number of aliphatic hydroxyl groups is 2. The molecule has 2 aromatic heterocycles. The highest BCUT2D eigenvalue weighted by molar-refractivity contribution is 6.31. The van der Waals surface area contributed by atoms with Crippen LogP contribution in [0.3, 0.4) is 0 Å².